The van der Waals surface area contributed by atoms with Gasteiger partial charge in [-0.25, -0.2) is 4.98 Å². The predicted molar refractivity (Wildman–Crippen MR) is 49.6 cm³/mol. The topological polar surface area (TPSA) is 43.3 Å². The molecule has 0 spiro atoms. The molecule has 0 atom stereocenters. The molecule has 0 saturated heterocycles. The van der Waals surface area contributed by atoms with Crippen LogP contribution in [0.25, 0.3) is 5.65 Å². The highest BCUT2D eigenvalue weighted by molar-refractivity contribution is 6.33. The number of fused-ring (bicyclic) bond motifs is 1. The maximum atomic E-state index is 5.86. The summed E-state index contributed by atoms with van der Waals surface area (Å²) in [7, 11) is 0. The zero-order valence-electron chi connectivity index (χ0n) is 5.96. The van der Waals surface area contributed by atoms with E-state index in [9.17, 15) is 0 Å². The molecule has 2 aromatic rings. The minimum atomic E-state index is 0.281. The predicted octanol–water partition coefficient (Wildman–Crippen LogP) is 2.22. The fourth-order valence-electron chi connectivity index (χ4n) is 1.05. The molecule has 2 N–H and O–H groups in total. The molecule has 0 aliphatic rings. The Labute approximate surface area is 78.7 Å². The van der Waals surface area contributed by atoms with Gasteiger partial charge in [-0.2, -0.15) is 0 Å². The van der Waals surface area contributed by atoms with Crippen molar-refractivity contribution < 1.29 is 0 Å². The number of rotatable bonds is 0. The number of nitrogen functional groups attached to an aromatic ring is 1. The van der Waals surface area contributed by atoms with Gasteiger partial charge in [-0.15, -0.1) is 0 Å². The maximum Gasteiger partial charge on any atom is 0.172 e. The molecular formula is C7H5Cl2N3. The van der Waals surface area contributed by atoms with Crippen molar-refractivity contribution in [1.82, 2.24) is 9.38 Å². The SMILES string of the molecule is Nc1c(Cl)nc2cccc(Cl)n12. The van der Waals surface area contributed by atoms with Crippen LogP contribution in [0.5, 0.6) is 0 Å². The molecule has 3 nitrogen and oxygen atoms in total. The zero-order chi connectivity index (χ0) is 8.72. The second-order valence-corrected chi connectivity index (χ2v) is 3.08. The first-order chi connectivity index (χ1) is 5.70. The van der Waals surface area contributed by atoms with Crippen LogP contribution in [0.4, 0.5) is 5.82 Å². The van der Waals surface area contributed by atoms with Crippen LogP contribution >= 0.6 is 23.2 Å². The summed E-state index contributed by atoms with van der Waals surface area (Å²) in [5, 5.41) is 0.785. The Bertz CT molecular complexity index is 435. The number of imidazole rings is 1. The van der Waals surface area contributed by atoms with Crippen molar-refractivity contribution >= 4 is 34.7 Å². The molecule has 2 heterocycles. The van der Waals surface area contributed by atoms with Gasteiger partial charge in [0.05, 0.1) is 0 Å². The van der Waals surface area contributed by atoms with Crippen molar-refractivity contribution in [1.29, 1.82) is 0 Å². The number of nitrogens with two attached hydrogens (primary N) is 1. The van der Waals surface area contributed by atoms with Crippen LogP contribution in [0.2, 0.25) is 10.3 Å². The quantitative estimate of drug-likeness (QED) is 0.665. The van der Waals surface area contributed by atoms with Crippen LogP contribution in [0.1, 0.15) is 0 Å². The highest BCUT2D eigenvalue weighted by Crippen LogP contribution is 2.23. The minimum Gasteiger partial charge on any atom is -0.382 e. The van der Waals surface area contributed by atoms with Crippen LogP contribution in [0.3, 0.4) is 0 Å². The van der Waals surface area contributed by atoms with E-state index in [1.54, 1.807) is 22.6 Å². The number of nitrogens with zero attached hydrogens (tertiary/aromatic N) is 2. The Kier molecular flexibility index (Phi) is 1.63. The van der Waals surface area contributed by atoms with Crippen LogP contribution in [0.15, 0.2) is 18.2 Å². The number of hydrogen-bond acceptors (Lipinski definition) is 2. The van der Waals surface area contributed by atoms with Crippen molar-refractivity contribution in [2.45, 2.75) is 0 Å². The van der Waals surface area contributed by atoms with Crippen LogP contribution in [0, 0.1) is 0 Å². The third kappa shape index (κ3) is 0.940. The van der Waals surface area contributed by atoms with E-state index < -0.39 is 0 Å². The average Bonchev–Trinajstić information content (AvgIpc) is 2.29. The first-order valence-electron chi connectivity index (χ1n) is 3.28. The van der Waals surface area contributed by atoms with E-state index in [2.05, 4.69) is 4.98 Å². The number of halogens is 2. The Balaban J connectivity index is 2.97. The first-order valence-corrected chi connectivity index (χ1v) is 4.03. The lowest BCUT2D eigenvalue weighted by Gasteiger charge is -1.97. The summed E-state index contributed by atoms with van der Waals surface area (Å²) < 4.78 is 1.59. The maximum absolute atomic E-state index is 5.86. The second kappa shape index (κ2) is 2.54. The molecule has 0 aromatic carbocycles. The van der Waals surface area contributed by atoms with E-state index in [4.69, 9.17) is 28.9 Å². The number of pyridine rings is 1. The van der Waals surface area contributed by atoms with E-state index in [0.29, 0.717) is 16.6 Å². The molecule has 0 aliphatic carbocycles. The van der Waals surface area contributed by atoms with E-state index >= 15 is 0 Å². The van der Waals surface area contributed by atoms with Crippen molar-refractivity contribution in [3.05, 3.63) is 28.5 Å². The lowest BCUT2D eigenvalue weighted by molar-refractivity contribution is 1.20. The van der Waals surface area contributed by atoms with Gasteiger partial charge in [-0.1, -0.05) is 29.3 Å². The normalized spacial score (nSPS) is 10.8. The molecule has 2 aromatic heterocycles. The van der Waals surface area contributed by atoms with Gasteiger partial charge in [0.15, 0.2) is 5.15 Å². The largest absolute Gasteiger partial charge is 0.382 e. The van der Waals surface area contributed by atoms with E-state index in [1.165, 1.54) is 0 Å². The smallest absolute Gasteiger partial charge is 0.172 e. The molecule has 2 rings (SSSR count). The summed E-state index contributed by atoms with van der Waals surface area (Å²) in [6.07, 6.45) is 0. The highest BCUT2D eigenvalue weighted by atomic mass is 35.5. The van der Waals surface area contributed by atoms with Crippen LogP contribution in [-0.4, -0.2) is 9.38 Å². The van der Waals surface area contributed by atoms with Crippen molar-refractivity contribution in [3.8, 4) is 0 Å². The highest BCUT2D eigenvalue weighted by Gasteiger charge is 2.07. The van der Waals surface area contributed by atoms with Crippen molar-refractivity contribution in [3.63, 3.8) is 0 Å². The third-order valence-electron chi connectivity index (χ3n) is 1.59. The van der Waals surface area contributed by atoms with E-state index in [0.717, 1.165) is 0 Å². The van der Waals surface area contributed by atoms with Crippen molar-refractivity contribution in [2.75, 3.05) is 5.73 Å². The van der Waals surface area contributed by atoms with Gasteiger partial charge >= 0.3 is 0 Å². The fraction of sp³-hybridized carbons (Fsp3) is 0. The molecule has 0 saturated carbocycles. The molecule has 0 amide bonds. The average molecular weight is 202 g/mol. The molecule has 0 unspecified atom stereocenters. The number of aromatic nitrogens is 2. The summed E-state index contributed by atoms with van der Waals surface area (Å²) in [5.41, 5.74) is 6.28. The summed E-state index contributed by atoms with van der Waals surface area (Å²) in [4.78, 5) is 3.99. The van der Waals surface area contributed by atoms with E-state index in [1.807, 2.05) is 0 Å². The van der Waals surface area contributed by atoms with Crippen LogP contribution in [-0.2, 0) is 0 Å². The van der Waals surface area contributed by atoms with Gasteiger partial charge in [0, 0.05) is 0 Å². The molecule has 0 radical (unpaired) electrons. The standard InChI is InChI=1S/C7H5Cl2N3/c8-4-2-1-3-5-11-6(9)7(10)12(4)5/h1-3H,10H2. The van der Waals surface area contributed by atoms with Crippen molar-refractivity contribution in [2.24, 2.45) is 0 Å². The molecule has 0 fully saturated rings. The number of anilines is 1. The van der Waals surface area contributed by atoms with Gasteiger partial charge in [0.25, 0.3) is 0 Å². The van der Waals surface area contributed by atoms with E-state index in [-0.39, 0.29) is 5.15 Å². The van der Waals surface area contributed by atoms with Crippen LogP contribution < -0.4 is 5.73 Å². The van der Waals surface area contributed by atoms with Gasteiger partial charge in [0.2, 0.25) is 0 Å². The lowest BCUT2D eigenvalue weighted by atomic mass is 10.5. The lowest BCUT2D eigenvalue weighted by Crippen LogP contribution is -1.93. The Morgan fingerprint density at radius 3 is 2.75 bits per heavy atom. The fourth-order valence-corrected chi connectivity index (χ4v) is 1.47. The summed E-state index contributed by atoms with van der Waals surface area (Å²) in [6, 6.07) is 5.30. The third-order valence-corrected chi connectivity index (χ3v) is 2.16. The Morgan fingerprint density at radius 2 is 2.08 bits per heavy atom. The Morgan fingerprint density at radius 1 is 1.33 bits per heavy atom. The summed E-state index contributed by atoms with van der Waals surface area (Å²) in [6.45, 7) is 0. The second-order valence-electron chi connectivity index (χ2n) is 2.33. The molecule has 0 bridgehead atoms. The first kappa shape index (κ1) is 7.71. The molecule has 62 valence electrons. The van der Waals surface area contributed by atoms with Gasteiger partial charge in [-0.05, 0) is 12.1 Å². The molecule has 12 heavy (non-hydrogen) atoms. The van der Waals surface area contributed by atoms with Gasteiger partial charge in [-0.3, -0.25) is 4.40 Å². The summed E-state index contributed by atoms with van der Waals surface area (Å²) in [5.74, 6) is 0.372. The molecule has 0 aliphatic heterocycles. The minimum absolute atomic E-state index is 0.281. The summed E-state index contributed by atoms with van der Waals surface area (Å²) >= 11 is 11.6. The molecule has 5 heteroatoms. The van der Waals surface area contributed by atoms with Gasteiger partial charge < -0.3 is 5.73 Å². The zero-order valence-corrected chi connectivity index (χ0v) is 7.47. The molecular weight excluding hydrogens is 197 g/mol. The monoisotopic (exact) mass is 201 g/mol. The van der Waals surface area contributed by atoms with Gasteiger partial charge in [0.1, 0.15) is 16.6 Å². The Hall–Kier alpha value is -0.930. The number of hydrogen-bond donors (Lipinski definition) is 1.